The minimum absolute atomic E-state index is 0.267. The number of hydrogen-bond acceptors (Lipinski definition) is 4. The molecular formula is C17H20N4O. The smallest absolute Gasteiger partial charge is 0.143 e. The third kappa shape index (κ3) is 2.08. The first-order chi connectivity index (χ1) is 10.7. The number of aromatic nitrogens is 3. The van der Waals surface area contributed by atoms with Crippen LogP contribution < -0.4 is 4.90 Å². The van der Waals surface area contributed by atoms with Gasteiger partial charge in [-0.05, 0) is 31.0 Å². The first kappa shape index (κ1) is 13.4. The molecule has 1 aliphatic carbocycles. The van der Waals surface area contributed by atoms with Gasteiger partial charge in [-0.15, -0.1) is 0 Å². The maximum Gasteiger partial charge on any atom is 0.143 e. The van der Waals surface area contributed by atoms with Gasteiger partial charge in [-0.3, -0.25) is 0 Å². The third-order valence-corrected chi connectivity index (χ3v) is 4.81. The van der Waals surface area contributed by atoms with E-state index in [0.29, 0.717) is 6.04 Å². The van der Waals surface area contributed by atoms with Crippen molar-refractivity contribution >= 4 is 27.8 Å². The van der Waals surface area contributed by atoms with Crippen LogP contribution in [0.4, 0.5) is 5.82 Å². The van der Waals surface area contributed by atoms with E-state index in [1.807, 2.05) is 6.07 Å². The Bertz CT molecular complexity index is 820. The van der Waals surface area contributed by atoms with Gasteiger partial charge in [-0.2, -0.15) is 0 Å². The number of nitrogens with zero attached hydrogens (tertiary/aromatic N) is 3. The van der Waals surface area contributed by atoms with Crippen LogP contribution in [0.3, 0.4) is 0 Å². The van der Waals surface area contributed by atoms with Gasteiger partial charge in [0.1, 0.15) is 23.5 Å². The molecular weight excluding hydrogens is 276 g/mol. The SMILES string of the molecule is CN(c1ncnc2[nH]c3ccc(O)cc3c12)C1CCCCC1. The van der Waals surface area contributed by atoms with Crippen LogP contribution in [0.5, 0.6) is 5.75 Å². The molecule has 114 valence electrons. The molecule has 1 saturated carbocycles. The summed E-state index contributed by atoms with van der Waals surface area (Å²) >= 11 is 0. The molecule has 0 spiro atoms. The minimum atomic E-state index is 0.267. The lowest BCUT2D eigenvalue weighted by molar-refractivity contribution is 0.426. The molecule has 2 heterocycles. The van der Waals surface area contributed by atoms with Crippen molar-refractivity contribution in [2.24, 2.45) is 0 Å². The lowest BCUT2D eigenvalue weighted by atomic mass is 9.94. The molecule has 2 aromatic heterocycles. The molecule has 0 unspecified atom stereocenters. The number of phenols is 1. The zero-order valence-corrected chi connectivity index (χ0v) is 12.7. The van der Waals surface area contributed by atoms with Crippen LogP contribution in [-0.2, 0) is 0 Å². The van der Waals surface area contributed by atoms with E-state index in [9.17, 15) is 5.11 Å². The zero-order chi connectivity index (χ0) is 15.1. The molecule has 4 rings (SSSR count). The van der Waals surface area contributed by atoms with Gasteiger partial charge in [0.05, 0.1) is 5.39 Å². The molecule has 0 amide bonds. The Morgan fingerprint density at radius 3 is 2.82 bits per heavy atom. The summed E-state index contributed by atoms with van der Waals surface area (Å²) in [5, 5.41) is 11.8. The Kier molecular flexibility index (Phi) is 3.13. The van der Waals surface area contributed by atoms with Crippen molar-refractivity contribution < 1.29 is 5.11 Å². The van der Waals surface area contributed by atoms with E-state index in [0.717, 1.165) is 27.8 Å². The number of rotatable bonds is 2. The molecule has 0 atom stereocenters. The Hall–Kier alpha value is -2.30. The second-order valence-electron chi connectivity index (χ2n) is 6.18. The summed E-state index contributed by atoms with van der Waals surface area (Å²) < 4.78 is 0. The standard InChI is InChI=1S/C17H20N4O/c1-21(11-5-3-2-4-6-11)17-15-13-9-12(22)7-8-14(13)20-16(15)18-10-19-17/h7-11,22H,2-6H2,1H3,(H,18,19,20). The fourth-order valence-corrected chi connectivity index (χ4v) is 3.60. The number of anilines is 1. The van der Waals surface area contributed by atoms with Gasteiger partial charge in [0.2, 0.25) is 0 Å². The van der Waals surface area contributed by atoms with Crippen molar-refractivity contribution in [3.8, 4) is 5.75 Å². The number of phenolic OH excluding ortho intramolecular Hbond substituents is 1. The third-order valence-electron chi connectivity index (χ3n) is 4.81. The van der Waals surface area contributed by atoms with E-state index in [4.69, 9.17) is 0 Å². The van der Waals surface area contributed by atoms with Crippen LogP contribution in [0.2, 0.25) is 0 Å². The highest BCUT2D eigenvalue weighted by molar-refractivity contribution is 6.11. The van der Waals surface area contributed by atoms with Crippen LogP contribution in [0, 0.1) is 0 Å². The number of fused-ring (bicyclic) bond motifs is 3. The Labute approximate surface area is 129 Å². The minimum Gasteiger partial charge on any atom is -0.508 e. The monoisotopic (exact) mass is 296 g/mol. The summed E-state index contributed by atoms with van der Waals surface area (Å²) in [6.45, 7) is 0. The van der Waals surface area contributed by atoms with Crippen molar-refractivity contribution in [1.82, 2.24) is 15.0 Å². The topological polar surface area (TPSA) is 65.0 Å². The number of H-pyrrole nitrogens is 1. The highest BCUT2D eigenvalue weighted by atomic mass is 16.3. The second-order valence-corrected chi connectivity index (χ2v) is 6.18. The quantitative estimate of drug-likeness (QED) is 0.758. The van der Waals surface area contributed by atoms with Gasteiger partial charge in [-0.1, -0.05) is 19.3 Å². The first-order valence-corrected chi connectivity index (χ1v) is 7.92. The fraction of sp³-hybridized carbons (Fsp3) is 0.412. The summed E-state index contributed by atoms with van der Waals surface area (Å²) in [5.74, 6) is 1.22. The van der Waals surface area contributed by atoms with E-state index in [1.165, 1.54) is 32.1 Å². The predicted octanol–water partition coefficient (Wildman–Crippen LogP) is 3.59. The van der Waals surface area contributed by atoms with Crippen molar-refractivity contribution in [2.75, 3.05) is 11.9 Å². The Morgan fingerprint density at radius 1 is 1.18 bits per heavy atom. The maximum atomic E-state index is 9.82. The van der Waals surface area contributed by atoms with E-state index >= 15 is 0 Å². The molecule has 22 heavy (non-hydrogen) atoms. The van der Waals surface area contributed by atoms with E-state index < -0.39 is 0 Å². The molecule has 0 bridgehead atoms. The molecule has 0 aliphatic heterocycles. The lowest BCUT2D eigenvalue weighted by Crippen LogP contribution is -2.34. The number of nitrogens with one attached hydrogen (secondary N) is 1. The molecule has 1 fully saturated rings. The van der Waals surface area contributed by atoms with Crippen LogP contribution in [0.15, 0.2) is 24.5 Å². The van der Waals surface area contributed by atoms with E-state index in [2.05, 4.69) is 26.9 Å². The van der Waals surface area contributed by atoms with Gasteiger partial charge in [0.25, 0.3) is 0 Å². The van der Waals surface area contributed by atoms with E-state index in [-0.39, 0.29) is 5.75 Å². The number of hydrogen-bond donors (Lipinski definition) is 2. The fourth-order valence-electron chi connectivity index (χ4n) is 3.60. The number of benzene rings is 1. The molecule has 0 radical (unpaired) electrons. The Morgan fingerprint density at radius 2 is 2.00 bits per heavy atom. The van der Waals surface area contributed by atoms with Crippen molar-refractivity contribution in [1.29, 1.82) is 0 Å². The van der Waals surface area contributed by atoms with Crippen molar-refractivity contribution in [2.45, 2.75) is 38.1 Å². The Balaban J connectivity index is 1.89. The average molecular weight is 296 g/mol. The van der Waals surface area contributed by atoms with Crippen molar-refractivity contribution in [3.05, 3.63) is 24.5 Å². The highest BCUT2D eigenvalue weighted by Crippen LogP contribution is 2.34. The largest absolute Gasteiger partial charge is 0.508 e. The van der Waals surface area contributed by atoms with Gasteiger partial charge < -0.3 is 15.0 Å². The summed E-state index contributed by atoms with van der Waals surface area (Å²) in [6, 6.07) is 5.90. The van der Waals surface area contributed by atoms with Gasteiger partial charge >= 0.3 is 0 Å². The van der Waals surface area contributed by atoms with Crippen LogP contribution in [0.1, 0.15) is 32.1 Å². The molecule has 1 aromatic carbocycles. The molecule has 1 aliphatic rings. The van der Waals surface area contributed by atoms with E-state index in [1.54, 1.807) is 18.5 Å². The molecule has 5 heteroatoms. The van der Waals surface area contributed by atoms with Crippen LogP contribution >= 0.6 is 0 Å². The van der Waals surface area contributed by atoms with Crippen molar-refractivity contribution in [3.63, 3.8) is 0 Å². The zero-order valence-electron chi connectivity index (χ0n) is 12.7. The highest BCUT2D eigenvalue weighted by Gasteiger charge is 2.22. The van der Waals surface area contributed by atoms with Crippen LogP contribution in [-0.4, -0.2) is 33.1 Å². The second kappa shape index (κ2) is 5.16. The first-order valence-electron chi connectivity index (χ1n) is 7.92. The summed E-state index contributed by atoms with van der Waals surface area (Å²) in [4.78, 5) is 14.5. The molecule has 2 N–H and O–H groups in total. The van der Waals surface area contributed by atoms with Crippen LogP contribution in [0.25, 0.3) is 21.9 Å². The van der Waals surface area contributed by atoms with Gasteiger partial charge in [-0.25, -0.2) is 9.97 Å². The maximum absolute atomic E-state index is 9.82. The lowest BCUT2D eigenvalue weighted by Gasteiger charge is -2.32. The molecule has 3 aromatic rings. The number of aromatic amines is 1. The van der Waals surface area contributed by atoms with Gasteiger partial charge in [0, 0.05) is 24.0 Å². The van der Waals surface area contributed by atoms with Gasteiger partial charge in [0.15, 0.2) is 0 Å². The summed E-state index contributed by atoms with van der Waals surface area (Å²) in [6.07, 6.45) is 7.97. The number of aromatic hydroxyl groups is 1. The summed E-state index contributed by atoms with van der Waals surface area (Å²) in [7, 11) is 2.12. The average Bonchev–Trinajstić information content (AvgIpc) is 2.93. The molecule has 5 nitrogen and oxygen atoms in total. The summed E-state index contributed by atoms with van der Waals surface area (Å²) in [5.41, 5.74) is 1.81. The molecule has 0 saturated heterocycles. The predicted molar refractivity (Wildman–Crippen MR) is 88.3 cm³/mol. The normalized spacial score (nSPS) is 16.4.